The third-order valence-electron chi connectivity index (χ3n) is 2.54. The van der Waals surface area contributed by atoms with E-state index in [4.69, 9.17) is 0 Å². The van der Waals surface area contributed by atoms with Crippen molar-refractivity contribution in [3.63, 3.8) is 0 Å². The van der Waals surface area contributed by atoms with Gasteiger partial charge in [0.05, 0.1) is 11.0 Å². The Bertz CT molecular complexity index is 453. The number of nitrogens with one attached hydrogen (secondary N) is 1. The smallest absolute Gasteiger partial charge is 0.0897 e. The molecule has 3 nitrogen and oxygen atoms in total. The Kier molecular flexibility index (Phi) is 4.23. The highest BCUT2D eigenvalue weighted by atomic mass is 32.1. The fraction of sp³-hybridized carbons (Fsp3) is 0.385. The van der Waals surface area contributed by atoms with Crippen molar-refractivity contribution in [3.8, 4) is 0 Å². The highest BCUT2D eigenvalue weighted by molar-refractivity contribution is 7.11. The van der Waals surface area contributed by atoms with Crippen molar-refractivity contribution in [2.24, 2.45) is 0 Å². The Morgan fingerprint density at radius 3 is 2.88 bits per heavy atom. The van der Waals surface area contributed by atoms with Gasteiger partial charge in [-0.15, -0.1) is 11.3 Å². The number of aromatic nitrogens is 2. The minimum atomic E-state index is 0.217. The van der Waals surface area contributed by atoms with Crippen LogP contribution < -0.4 is 5.32 Å². The number of hydrogen-bond donors (Lipinski definition) is 1. The predicted molar refractivity (Wildman–Crippen MR) is 71.2 cm³/mol. The van der Waals surface area contributed by atoms with E-state index in [1.807, 2.05) is 25.4 Å². The summed E-state index contributed by atoms with van der Waals surface area (Å²) in [6.45, 7) is 5.20. The summed E-state index contributed by atoms with van der Waals surface area (Å²) in [5, 5.41) is 4.65. The number of rotatable bonds is 5. The van der Waals surface area contributed by atoms with Crippen LogP contribution in [-0.4, -0.2) is 16.5 Å². The standard InChI is InChI=1S/C13H17N3S/c1-3-6-15-13(11-5-4-7-14-8-11)12-9-16-10(2)17-12/h4-5,7-9,13,15H,3,6H2,1-2H3. The summed E-state index contributed by atoms with van der Waals surface area (Å²) >= 11 is 1.74. The van der Waals surface area contributed by atoms with Gasteiger partial charge < -0.3 is 5.32 Å². The maximum atomic E-state index is 4.33. The van der Waals surface area contributed by atoms with Crippen LogP contribution in [0.5, 0.6) is 0 Å². The van der Waals surface area contributed by atoms with Crippen LogP contribution in [0.1, 0.15) is 34.8 Å². The highest BCUT2D eigenvalue weighted by Crippen LogP contribution is 2.26. The van der Waals surface area contributed by atoms with Gasteiger partial charge in [-0.25, -0.2) is 4.98 Å². The van der Waals surface area contributed by atoms with Crippen LogP contribution in [-0.2, 0) is 0 Å². The van der Waals surface area contributed by atoms with Crippen LogP contribution in [0, 0.1) is 6.92 Å². The van der Waals surface area contributed by atoms with Gasteiger partial charge in [-0.2, -0.15) is 0 Å². The van der Waals surface area contributed by atoms with E-state index in [2.05, 4.69) is 28.3 Å². The first-order chi connectivity index (χ1) is 8.31. The first-order valence-corrected chi connectivity index (χ1v) is 6.68. The molecule has 2 aromatic heterocycles. The maximum Gasteiger partial charge on any atom is 0.0897 e. The third kappa shape index (κ3) is 3.11. The molecule has 0 fully saturated rings. The molecule has 2 aromatic rings. The Balaban J connectivity index is 2.25. The lowest BCUT2D eigenvalue weighted by Gasteiger charge is -2.16. The van der Waals surface area contributed by atoms with Crippen LogP contribution in [0.25, 0.3) is 0 Å². The first kappa shape index (κ1) is 12.2. The normalized spacial score (nSPS) is 12.6. The van der Waals surface area contributed by atoms with E-state index < -0.39 is 0 Å². The molecular formula is C13H17N3S. The second-order valence-corrected chi connectivity index (χ2v) is 5.22. The zero-order valence-corrected chi connectivity index (χ0v) is 11.0. The number of thiazole rings is 1. The molecule has 0 aliphatic rings. The Labute approximate surface area is 106 Å². The third-order valence-corrected chi connectivity index (χ3v) is 3.52. The SMILES string of the molecule is CCCNC(c1cccnc1)c1cnc(C)s1. The van der Waals surface area contributed by atoms with E-state index >= 15 is 0 Å². The molecule has 1 unspecified atom stereocenters. The molecule has 0 saturated heterocycles. The number of hydrogen-bond acceptors (Lipinski definition) is 4. The Hall–Kier alpha value is -1.26. The van der Waals surface area contributed by atoms with Crippen molar-refractivity contribution in [3.05, 3.63) is 46.2 Å². The summed E-state index contributed by atoms with van der Waals surface area (Å²) in [7, 11) is 0. The van der Waals surface area contributed by atoms with Crippen LogP contribution in [0.4, 0.5) is 0 Å². The molecule has 2 rings (SSSR count). The van der Waals surface area contributed by atoms with Crippen LogP contribution in [0.2, 0.25) is 0 Å². The molecule has 0 radical (unpaired) electrons. The van der Waals surface area contributed by atoms with Gasteiger partial charge in [0.1, 0.15) is 0 Å². The lowest BCUT2D eigenvalue weighted by atomic mass is 10.1. The molecule has 17 heavy (non-hydrogen) atoms. The monoisotopic (exact) mass is 247 g/mol. The highest BCUT2D eigenvalue weighted by Gasteiger charge is 2.15. The maximum absolute atomic E-state index is 4.33. The molecule has 4 heteroatoms. The first-order valence-electron chi connectivity index (χ1n) is 5.87. The average Bonchev–Trinajstić information content (AvgIpc) is 2.78. The molecule has 0 saturated carbocycles. The van der Waals surface area contributed by atoms with Crippen LogP contribution in [0.15, 0.2) is 30.7 Å². The largest absolute Gasteiger partial charge is 0.306 e. The van der Waals surface area contributed by atoms with E-state index in [0.717, 1.165) is 18.0 Å². The molecule has 0 bridgehead atoms. The van der Waals surface area contributed by atoms with Crippen molar-refractivity contribution in [1.29, 1.82) is 0 Å². The zero-order valence-electron chi connectivity index (χ0n) is 10.2. The summed E-state index contributed by atoms with van der Waals surface area (Å²) in [5.74, 6) is 0. The quantitative estimate of drug-likeness (QED) is 0.882. The van der Waals surface area contributed by atoms with Crippen molar-refractivity contribution in [1.82, 2.24) is 15.3 Å². The number of pyridine rings is 1. The Morgan fingerprint density at radius 2 is 2.29 bits per heavy atom. The van der Waals surface area contributed by atoms with Gasteiger partial charge in [-0.1, -0.05) is 13.0 Å². The number of aryl methyl sites for hydroxylation is 1. The zero-order chi connectivity index (χ0) is 12.1. The lowest BCUT2D eigenvalue weighted by molar-refractivity contribution is 0.603. The summed E-state index contributed by atoms with van der Waals surface area (Å²) < 4.78 is 0. The van der Waals surface area contributed by atoms with E-state index in [-0.39, 0.29) is 6.04 Å². The summed E-state index contributed by atoms with van der Waals surface area (Å²) in [4.78, 5) is 9.77. The van der Waals surface area contributed by atoms with Crippen molar-refractivity contribution < 1.29 is 0 Å². The van der Waals surface area contributed by atoms with E-state index in [9.17, 15) is 0 Å². The summed E-state index contributed by atoms with van der Waals surface area (Å²) in [6, 6.07) is 4.30. The molecule has 0 spiro atoms. The van der Waals surface area contributed by atoms with Crippen molar-refractivity contribution >= 4 is 11.3 Å². The van der Waals surface area contributed by atoms with E-state index in [1.165, 1.54) is 10.4 Å². The molecule has 0 aliphatic heterocycles. The van der Waals surface area contributed by atoms with Crippen molar-refractivity contribution in [2.45, 2.75) is 26.3 Å². The molecule has 1 atom stereocenters. The number of nitrogens with zero attached hydrogens (tertiary/aromatic N) is 2. The van der Waals surface area contributed by atoms with Gasteiger partial charge in [0, 0.05) is 23.5 Å². The van der Waals surface area contributed by atoms with E-state index in [0.29, 0.717) is 0 Å². The van der Waals surface area contributed by atoms with Crippen molar-refractivity contribution in [2.75, 3.05) is 6.54 Å². The van der Waals surface area contributed by atoms with Gasteiger partial charge in [0.2, 0.25) is 0 Å². The molecule has 2 heterocycles. The second kappa shape index (κ2) is 5.89. The van der Waals surface area contributed by atoms with Gasteiger partial charge in [-0.3, -0.25) is 4.98 Å². The molecule has 0 amide bonds. The molecule has 90 valence electrons. The average molecular weight is 247 g/mol. The molecule has 1 N–H and O–H groups in total. The fourth-order valence-electron chi connectivity index (χ4n) is 1.73. The lowest BCUT2D eigenvalue weighted by Crippen LogP contribution is -2.22. The summed E-state index contributed by atoms with van der Waals surface area (Å²) in [5.41, 5.74) is 1.20. The predicted octanol–water partition coefficient (Wildman–Crippen LogP) is 2.94. The van der Waals surface area contributed by atoms with Gasteiger partial charge in [-0.05, 0) is 31.5 Å². The Morgan fingerprint density at radius 1 is 1.41 bits per heavy atom. The minimum absolute atomic E-state index is 0.217. The van der Waals surface area contributed by atoms with Crippen LogP contribution >= 0.6 is 11.3 Å². The van der Waals surface area contributed by atoms with Gasteiger partial charge in [0.15, 0.2) is 0 Å². The second-order valence-electron chi connectivity index (χ2n) is 3.96. The van der Waals surface area contributed by atoms with Gasteiger partial charge in [0.25, 0.3) is 0 Å². The molecule has 0 aromatic carbocycles. The van der Waals surface area contributed by atoms with Gasteiger partial charge >= 0.3 is 0 Å². The fourth-order valence-corrected chi connectivity index (χ4v) is 2.62. The summed E-state index contributed by atoms with van der Waals surface area (Å²) in [6.07, 6.45) is 6.80. The topological polar surface area (TPSA) is 37.8 Å². The van der Waals surface area contributed by atoms with E-state index in [1.54, 1.807) is 17.5 Å². The molecule has 0 aliphatic carbocycles. The van der Waals surface area contributed by atoms with Crippen LogP contribution in [0.3, 0.4) is 0 Å². The minimum Gasteiger partial charge on any atom is -0.306 e. The molecular weight excluding hydrogens is 230 g/mol.